The second-order valence-electron chi connectivity index (χ2n) is 4.18. The summed E-state index contributed by atoms with van der Waals surface area (Å²) < 4.78 is 16.0. The molecule has 0 aliphatic rings. The first-order valence-electron chi connectivity index (χ1n) is 6.08. The van der Waals surface area contributed by atoms with Crippen LogP contribution in [0.25, 0.3) is 11.3 Å². The van der Waals surface area contributed by atoms with Crippen LogP contribution in [0, 0.1) is 6.92 Å². The molecule has 2 aromatic rings. The Morgan fingerprint density at radius 1 is 1.26 bits per heavy atom. The number of rotatable bonds is 5. The molecular weight excluding hydrogens is 244 g/mol. The summed E-state index contributed by atoms with van der Waals surface area (Å²) in [4.78, 5) is 0. The minimum absolute atomic E-state index is 0.549. The molecule has 5 nitrogen and oxygen atoms in total. The van der Waals surface area contributed by atoms with Crippen molar-refractivity contribution in [2.24, 2.45) is 5.73 Å². The molecule has 0 atom stereocenters. The van der Waals surface area contributed by atoms with Gasteiger partial charge in [0.1, 0.15) is 11.5 Å². The van der Waals surface area contributed by atoms with Gasteiger partial charge in [0.2, 0.25) is 0 Å². The summed E-state index contributed by atoms with van der Waals surface area (Å²) in [7, 11) is 3.23. The van der Waals surface area contributed by atoms with Gasteiger partial charge in [0.15, 0.2) is 5.76 Å². The Morgan fingerprint density at radius 3 is 2.68 bits per heavy atom. The van der Waals surface area contributed by atoms with Crippen LogP contribution in [0.15, 0.2) is 22.7 Å². The molecule has 0 saturated heterocycles. The van der Waals surface area contributed by atoms with Crippen LogP contribution < -0.4 is 15.2 Å². The van der Waals surface area contributed by atoms with Gasteiger partial charge < -0.3 is 19.7 Å². The maximum Gasteiger partial charge on any atom is 0.174 e. The van der Waals surface area contributed by atoms with Crippen LogP contribution in [-0.2, 0) is 6.42 Å². The highest BCUT2D eigenvalue weighted by Crippen LogP contribution is 2.36. The predicted octanol–water partition coefficient (Wildman–Crippen LogP) is 2.17. The molecule has 0 radical (unpaired) electrons. The summed E-state index contributed by atoms with van der Waals surface area (Å²) in [6.07, 6.45) is 0.722. The van der Waals surface area contributed by atoms with Gasteiger partial charge in [-0.15, -0.1) is 0 Å². The summed E-state index contributed by atoms with van der Waals surface area (Å²) in [5, 5.41) is 4.01. The maximum absolute atomic E-state index is 5.63. The van der Waals surface area contributed by atoms with E-state index in [9.17, 15) is 0 Å². The zero-order valence-electron chi connectivity index (χ0n) is 11.4. The van der Waals surface area contributed by atoms with Crippen molar-refractivity contribution in [2.75, 3.05) is 20.8 Å². The third kappa shape index (κ3) is 2.56. The summed E-state index contributed by atoms with van der Waals surface area (Å²) in [6, 6.07) is 5.58. The number of ether oxygens (including phenoxy) is 2. The van der Waals surface area contributed by atoms with Crippen molar-refractivity contribution in [1.82, 2.24) is 5.16 Å². The van der Waals surface area contributed by atoms with Crippen molar-refractivity contribution < 1.29 is 14.0 Å². The molecule has 2 N–H and O–H groups in total. The molecule has 1 aromatic carbocycles. The molecule has 1 aromatic heterocycles. The number of benzene rings is 1. The molecule has 5 heteroatoms. The molecule has 0 bridgehead atoms. The molecule has 0 unspecified atom stereocenters. The zero-order chi connectivity index (χ0) is 13.8. The largest absolute Gasteiger partial charge is 0.497 e. The van der Waals surface area contributed by atoms with Crippen molar-refractivity contribution in [3.63, 3.8) is 0 Å². The topological polar surface area (TPSA) is 70.5 Å². The van der Waals surface area contributed by atoms with Crippen LogP contribution in [0.1, 0.15) is 11.3 Å². The lowest BCUT2D eigenvalue weighted by Crippen LogP contribution is -2.04. The number of hydrogen-bond acceptors (Lipinski definition) is 5. The van der Waals surface area contributed by atoms with Crippen LogP contribution >= 0.6 is 0 Å². The molecule has 0 spiro atoms. The first-order chi connectivity index (χ1) is 9.21. The number of aromatic nitrogens is 1. The predicted molar refractivity (Wildman–Crippen MR) is 72.5 cm³/mol. The minimum Gasteiger partial charge on any atom is -0.497 e. The summed E-state index contributed by atoms with van der Waals surface area (Å²) in [5.74, 6) is 2.13. The number of methoxy groups -OCH3 is 2. The molecule has 0 aliphatic heterocycles. The Kier molecular flexibility index (Phi) is 4.06. The van der Waals surface area contributed by atoms with Crippen molar-refractivity contribution >= 4 is 0 Å². The van der Waals surface area contributed by atoms with E-state index in [2.05, 4.69) is 5.16 Å². The lowest BCUT2D eigenvalue weighted by molar-refractivity contribution is 0.390. The smallest absolute Gasteiger partial charge is 0.174 e. The molecule has 0 fully saturated rings. The van der Waals surface area contributed by atoms with Gasteiger partial charge in [-0.25, -0.2) is 0 Å². The van der Waals surface area contributed by atoms with Gasteiger partial charge >= 0.3 is 0 Å². The monoisotopic (exact) mass is 262 g/mol. The van der Waals surface area contributed by atoms with Crippen LogP contribution in [0.5, 0.6) is 11.5 Å². The van der Waals surface area contributed by atoms with Gasteiger partial charge in [0.25, 0.3) is 0 Å². The molecule has 2 rings (SSSR count). The Labute approximate surface area is 112 Å². The Morgan fingerprint density at radius 2 is 2.05 bits per heavy atom. The third-order valence-electron chi connectivity index (χ3n) is 3.03. The molecule has 1 heterocycles. The number of nitrogens with two attached hydrogens (primary N) is 1. The quantitative estimate of drug-likeness (QED) is 0.894. The highest BCUT2D eigenvalue weighted by Gasteiger charge is 2.18. The van der Waals surface area contributed by atoms with Gasteiger partial charge in [-0.2, -0.15) is 0 Å². The minimum atomic E-state index is 0.549. The number of nitrogens with zero attached hydrogens (tertiary/aromatic N) is 1. The molecule has 0 amide bonds. The Hall–Kier alpha value is -2.01. The Balaban J connectivity index is 2.52. The van der Waals surface area contributed by atoms with Gasteiger partial charge in [-0.1, -0.05) is 5.16 Å². The second kappa shape index (κ2) is 5.75. The summed E-state index contributed by atoms with van der Waals surface area (Å²) >= 11 is 0. The van der Waals surface area contributed by atoms with Crippen LogP contribution in [-0.4, -0.2) is 25.9 Å². The molecular formula is C14H18N2O3. The lowest BCUT2D eigenvalue weighted by atomic mass is 10.0. The van der Waals surface area contributed by atoms with E-state index in [0.717, 1.165) is 29.0 Å². The highest BCUT2D eigenvalue weighted by molar-refractivity contribution is 5.70. The van der Waals surface area contributed by atoms with E-state index in [4.69, 9.17) is 19.7 Å². The van der Waals surface area contributed by atoms with E-state index in [1.807, 2.05) is 25.1 Å². The average Bonchev–Trinajstić information content (AvgIpc) is 2.80. The summed E-state index contributed by atoms with van der Waals surface area (Å²) in [5.41, 5.74) is 8.36. The Bertz CT molecular complexity index is 564. The molecule has 19 heavy (non-hydrogen) atoms. The van der Waals surface area contributed by atoms with Gasteiger partial charge in [-0.05, 0) is 32.0 Å². The number of aryl methyl sites for hydroxylation is 1. The van der Waals surface area contributed by atoms with E-state index in [0.29, 0.717) is 18.1 Å². The van der Waals surface area contributed by atoms with E-state index >= 15 is 0 Å². The van der Waals surface area contributed by atoms with Gasteiger partial charge in [0, 0.05) is 11.6 Å². The molecule has 0 aliphatic carbocycles. The zero-order valence-corrected chi connectivity index (χ0v) is 11.4. The van der Waals surface area contributed by atoms with Crippen LogP contribution in [0.4, 0.5) is 0 Å². The SMILES string of the molecule is COc1ccc(-c2onc(C)c2CCN)c(OC)c1. The first kappa shape index (κ1) is 13.4. The van der Waals surface area contributed by atoms with Gasteiger partial charge in [-0.3, -0.25) is 0 Å². The fraction of sp³-hybridized carbons (Fsp3) is 0.357. The lowest BCUT2D eigenvalue weighted by Gasteiger charge is -2.09. The first-order valence-corrected chi connectivity index (χ1v) is 6.08. The average molecular weight is 262 g/mol. The highest BCUT2D eigenvalue weighted by atomic mass is 16.5. The normalized spacial score (nSPS) is 10.5. The van der Waals surface area contributed by atoms with Crippen LogP contribution in [0.3, 0.4) is 0 Å². The van der Waals surface area contributed by atoms with Gasteiger partial charge in [0.05, 0.1) is 25.5 Å². The van der Waals surface area contributed by atoms with Crippen LogP contribution in [0.2, 0.25) is 0 Å². The second-order valence-corrected chi connectivity index (χ2v) is 4.18. The fourth-order valence-electron chi connectivity index (χ4n) is 2.03. The summed E-state index contributed by atoms with van der Waals surface area (Å²) in [6.45, 7) is 2.46. The van der Waals surface area contributed by atoms with Crippen molar-refractivity contribution in [2.45, 2.75) is 13.3 Å². The van der Waals surface area contributed by atoms with E-state index in [1.54, 1.807) is 14.2 Å². The third-order valence-corrected chi connectivity index (χ3v) is 3.03. The number of hydrogen-bond donors (Lipinski definition) is 1. The van der Waals surface area contributed by atoms with E-state index in [-0.39, 0.29) is 0 Å². The molecule has 102 valence electrons. The fourth-order valence-corrected chi connectivity index (χ4v) is 2.03. The van der Waals surface area contributed by atoms with Crippen molar-refractivity contribution in [3.05, 3.63) is 29.5 Å². The van der Waals surface area contributed by atoms with Crippen molar-refractivity contribution in [3.8, 4) is 22.8 Å². The maximum atomic E-state index is 5.63. The molecule has 0 saturated carbocycles. The van der Waals surface area contributed by atoms with E-state index in [1.165, 1.54) is 0 Å². The van der Waals surface area contributed by atoms with Crippen molar-refractivity contribution in [1.29, 1.82) is 0 Å². The standard InChI is InChI=1S/C14H18N2O3/c1-9-11(6-7-15)14(19-16-9)12-5-4-10(17-2)8-13(12)18-3/h4-5,8H,6-7,15H2,1-3H3. The van der Waals surface area contributed by atoms with E-state index < -0.39 is 0 Å².